The molecule has 6 nitrogen and oxygen atoms in total. The molecule has 0 aliphatic rings. The van der Waals surface area contributed by atoms with Crippen molar-refractivity contribution in [3.8, 4) is 11.1 Å². The van der Waals surface area contributed by atoms with Crippen molar-refractivity contribution >= 4 is 23.2 Å². The highest BCUT2D eigenvalue weighted by Crippen LogP contribution is 2.29. The predicted octanol–water partition coefficient (Wildman–Crippen LogP) is 3.88. The highest BCUT2D eigenvalue weighted by atomic mass is 35.5. The number of nitrogens with zero attached hydrogens (tertiary/aromatic N) is 4. The van der Waals surface area contributed by atoms with Crippen LogP contribution in [0.4, 0.5) is 0 Å². The molecule has 0 bridgehead atoms. The molecule has 0 atom stereocenters. The van der Waals surface area contributed by atoms with Crippen molar-refractivity contribution in [2.45, 2.75) is 40.2 Å². The first-order valence-electron chi connectivity index (χ1n) is 8.14. The number of rotatable bonds is 4. The summed E-state index contributed by atoms with van der Waals surface area (Å²) < 4.78 is 6.89. The average Bonchev–Trinajstić information content (AvgIpc) is 2.94. The standard InChI is InChI=1S/C18H19ClN4O2/c1-5-14-15(12-6-8-13(19)9-7-12)17-21-20-16(11(4)23(17)22-14)18(24)25-10(2)3/h6-10H,5H2,1-4H3. The molecule has 7 heteroatoms. The van der Waals surface area contributed by atoms with E-state index in [4.69, 9.17) is 16.3 Å². The normalized spacial score (nSPS) is 11.3. The van der Waals surface area contributed by atoms with E-state index in [1.54, 1.807) is 25.3 Å². The van der Waals surface area contributed by atoms with Crippen LogP contribution in [0.25, 0.3) is 16.8 Å². The number of benzene rings is 1. The van der Waals surface area contributed by atoms with Gasteiger partial charge in [-0.05, 0) is 44.9 Å². The number of halogens is 1. The Morgan fingerprint density at radius 1 is 1.24 bits per heavy atom. The Kier molecular flexibility index (Phi) is 4.72. The van der Waals surface area contributed by atoms with Crippen LogP contribution in [-0.4, -0.2) is 31.9 Å². The molecule has 2 aromatic heterocycles. The van der Waals surface area contributed by atoms with E-state index < -0.39 is 5.97 Å². The molecule has 0 aliphatic carbocycles. The topological polar surface area (TPSA) is 69.4 Å². The fourth-order valence-corrected chi connectivity index (χ4v) is 2.79. The Morgan fingerprint density at radius 3 is 2.52 bits per heavy atom. The van der Waals surface area contributed by atoms with Gasteiger partial charge in [0.05, 0.1) is 23.1 Å². The minimum absolute atomic E-state index is 0.175. The zero-order chi connectivity index (χ0) is 18.1. The molecule has 0 radical (unpaired) electrons. The lowest BCUT2D eigenvalue weighted by molar-refractivity contribution is 0.0367. The molecule has 0 saturated heterocycles. The van der Waals surface area contributed by atoms with Crippen LogP contribution >= 0.6 is 11.6 Å². The van der Waals surface area contributed by atoms with Crippen LogP contribution in [0.3, 0.4) is 0 Å². The van der Waals surface area contributed by atoms with Gasteiger partial charge < -0.3 is 4.74 Å². The van der Waals surface area contributed by atoms with E-state index in [1.165, 1.54) is 0 Å². The van der Waals surface area contributed by atoms with Gasteiger partial charge in [0.15, 0.2) is 11.3 Å². The molecule has 0 fully saturated rings. The first-order chi connectivity index (χ1) is 11.9. The zero-order valence-corrected chi connectivity index (χ0v) is 15.3. The Morgan fingerprint density at radius 2 is 1.92 bits per heavy atom. The molecule has 130 valence electrons. The van der Waals surface area contributed by atoms with Crippen LogP contribution in [0.1, 0.15) is 42.6 Å². The molecule has 0 N–H and O–H groups in total. The lowest BCUT2D eigenvalue weighted by Gasteiger charge is -2.09. The Bertz CT molecular complexity index is 932. The number of carbonyl (C=O) groups excluding carboxylic acids is 1. The maximum atomic E-state index is 12.2. The van der Waals surface area contributed by atoms with Crippen molar-refractivity contribution in [1.82, 2.24) is 19.8 Å². The van der Waals surface area contributed by atoms with Crippen LogP contribution in [0.2, 0.25) is 5.02 Å². The fraction of sp³-hybridized carbons (Fsp3) is 0.333. The SMILES string of the molecule is CCc1nn2c(C)c(C(=O)OC(C)C)nnc2c1-c1ccc(Cl)cc1. The second-order valence-corrected chi connectivity index (χ2v) is 6.44. The molecule has 2 heterocycles. The molecule has 0 saturated carbocycles. The van der Waals surface area contributed by atoms with Crippen molar-refractivity contribution in [3.05, 3.63) is 46.4 Å². The summed E-state index contributed by atoms with van der Waals surface area (Å²) in [6, 6.07) is 7.51. The number of esters is 1. The fourth-order valence-electron chi connectivity index (χ4n) is 2.67. The summed E-state index contributed by atoms with van der Waals surface area (Å²) in [7, 11) is 0. The van der Waals surface area contributed by atoms with Gasteiger partial charge >= 0.3 is 5.97 Å². The molecule has 0 aliphatic heterocycles. The molecular formula is C18H19ClN4O2. The van der Waals surface area contributed by atoms with Gasteiger partial charge in [0, 0.05) is 5.02 Å². The maximum Gasteiger partial charge on any atom is 0.361 e. The minimum atomic E-state index is -0.497. The molecule has 3 aromatic rings. The maximum absolute atomic E-state index is 12.2. The number of ether oxygens (including phenoxy) is 1. The first kappa shape index (κ1) is 17.4. The van der Waals surface area contributed by atoms with Crippen molar-refractivity contribution in [2.75, 3.05) is 0 Å². The summed E-state index contributed by atoms with van der Waals surface area (Å²) in [5.74, 6) is -0.497. The third-order valence-electron chi connectivity index (χ3n) is 3.84. The summed E-state index contributed by atoms with van der Waals surface area (Å²) in [5, 5.41) is 13.6. The number of fused-ring (bicyclic) bond motifs is 1. The second kappa shape index (κ2) is 6.80. The monoisotopic (exact) mass is 358 g/mol. The van der Waals surface area contributed by atoms with Crippen molar-refractivity contribution < 1.29 is 9.53 Å². The van der Waals surface area contributed by atoms with Crippen molar-refractivity contribution in [2.24, 2.45) is 0 Å². The van der Waals surface area contributed by atoms with Crippen LogP contribution in [0.15, 0.2) is 24.3 Å². The Labute approximate surface area is 150 Å². The highest BCUT2D eigenvalue weighted by molar-refractivity contribution is 6.30. The number of aromatic nitrogens is 4. The molecular weight excluding hydrogens is 340 g/mol. The van der Waals surface area contributed by atoms with Crippen LogP contribution < -0.4 is 0 Å². The summed E-state index contributed by atoms with van der Waals surface area (Å²) in [5.41, 5.74) is 4.13. The number of hydrogen-bond donors (Lipinski definition) is 0. The van der Waals surface area contributed by atoms with Crippen LogP contribution in [-0.2, 0) is 11.2 Å². The minimum Gasteiger partial charge on any atom is -0.458 e. The van der Waals surface area contributed by atoms with E-state index >= 15 is 0 Å². The first-order valence-corrected chi connectivity index (χ1v) is 8.52. The molecule has 0 unspecified atom stereocenters. The van der Waals surface area contributed by atoms with Gasteiger partial charge in [0.25, 0.3) is 0 Å². The number of carbonyl (C=O) groups is 1. The van der Waals surface area contributed by atoms with Crippen LogP contribution in [0.5, 0.6) is 0 Å². The Hall–Kier alpha value is -2.47. The molecule has 25 heavy (non-hydrogen) atoms. The average molecular weight is 359 g/mol. The Balaban J connectivity index is 2.18. The number of hydrogen-bond acceptors (Lipinski definition) is 5. The molecule has 3 rings (SSSR count). The predicted molar refractivity (Wildman–Crippen MR) is 95.9 cm³/mol. The van der Waals surface area contributed by atoms with Crippen LogP contribution in [0, 0.1) is 6.92 Å². The van der Waals surface area contributed by atoms with E-state index in [1.807, 2.05) is 31.2 Å². The largest absolute Gasteiger partial charge is 0.458 e. The quantitative estimate of drug-likeness (QED) is 0.662. The number of aryl methyl sites for hydroxylation is 2. The molecule has 1 aromatic carbocycles. The summed E-state index contributed by atoms with van der Waals surface area (Å²) in [6.07, 6.45) is 0.504. The lowest BCUT2D eigenvalue weighted by Crippen LogP contribution is -2.17. The van der Waals surface area contributed by atoms with Gasteiger partial charge in [-0.25, -0.2) is 9.31 Å². The third-order valence-corrected chi connectivity index (χ3v) is 4.09. The van der Waals surface area contributed by atoms with E-state index in [0.717, 1.165) is 23.2 Å². The van der Waals surface area contributed by atoms with E-state index in [-0.39, 0.29) is 11.8 Å². The van der Waals surface area contributed by atoms with Gasteiger partial charge in [-0.3, -0.25) is 0 Å². The smallest absolute Gasteiger partial charge is 0.361 e. The van der Waals surface area contributed by atoms with E-state index in [0.29, 0.717) is 16.4 Å². The molecule has 0 spiro atoms. The zero-order valence-electron chi connectivity index (χ0n) is 14.6. The van der Waals surface area contributed by atoms with Gasteiger partial charge in [-0.2, -0.15) is 5.10 Å². The van der Waals surface area contributed by atoms with Gasteiger partial charge in [0.1, 0.15) is 0 Å². The van der Waals surface area contributed by atoms with Gasteiger partial charge in [-0.15, -0.1) is 10.2 Å². The second-order valence-electron chi connectivity index (χ2n) is 6.01. The van der Waals surface area contributed by atoms with E-state index in [2.05, 4.69) is 15.3 Å². The van der Waals surface area contributed by atoms with Gasteiger partial charge in [0.2, 0.25) is 0 Å². The summed E-state index contributed by atoms with van der Waals surface area (Å²) in [4.78, 5) is 12.2. The van der Waals surface area contributed by atoms with Gasteiger partial charge in [-0.1, -0.05) is 30.7 Å². The van der Waals surface area contributed by atoms with Crippen molar-refractivity contribution in [3.63, 3.8) is 0 Å². The molecule has 0 amide bonds. The highest BCUT2D eigenvalue weighted by Gasteiger charge is 2.22. The summed E-state index contributed by atoms with van der Waals surface area (Å²) in [6.45, 7) is 7.40. The lowest BCUT2D eigenvalue weighted by atomic mass is 10.0. The summed E-state index contributed by atoms with van der Waals surface area (Å²) >= 11 is 5.99. The van der Waals surface area contributed by atoms with Crippen molar-refractivity contribution in [1.29, 1.82) is 0 Å². The van der Waals surface area contributed by atoms with E-state index in [9.17, 15) is 4.79 Å². The third kappa shape index (κ3) is 3.22.